The van der Waals surface area contributed by atoms with Gasteiger partial charge in [0.15, 0.2) is 0 Å². The van der Waals surface area contributed by atoms with Crippen LogP contribution in [0.2, 0.25) is 0 Å². The number of para-hydroxylation sites is 1. The van der Waals surface area contributed by atoms with E-state index in [0.717, 1.165) is 17.8 Å². The van der Waals surface area contributed by atoms with Crippen molar-refractivity contribution in [3.63, 3.8) is 0 Å². The smallest absolute Gasteiger partial charge is 0.303 e. The highest BCUT2D eigenvalue weighted by Gasteiger charge is 2.29. The largest absolute Gasteiger partial charge is 0.481 e. The Morgan fingerprint density at radius 3 is 2.66 bits per heavy atom. The number of carboxylic acids is 1. The Kier molecular flexibility index (Phi) is 5.84. The number of amides is 1. The summed E-state index contributed by atoms with van der Waals surface area (Å²) in [5.74, 6) is -0.720. The minimum atomic E-state index is -0.819. The molecule has 7 heteroatoms. The second-order valence-electron chi connectivity index (χ2n) is 9.73. The van der Waals surface area contributed by atoms with Gasteiger partial charge in [-0.3, -0.25) is 14.3 Å². The summed E-state index contributed by atoms with van der Waals surface area (Å²) >= 11 is 0. The van der Waals surface area contributed by atoms with Gasteiger partial charge in [0.25, 0.3) is 0 Å². The molecule has 3 heterocycles. The minimum absolute atomic E-state index is 0.0722. The Balaban J connectivity index is 1.59. The second kappa shape index (κ2) is 8.45. The quantitative estimate of drug-likeness (QED) is 0.609. The van der Waals surface area contributed by atoms with Crippen LogP contribution in [0.1, 0.15) is 55.8 Å². The number of carbonyl (C=O) groups excluding carboxylic acids is 1. The Labute approximate surface area is 188 Å². The molecule has 0 bridgehead atoms. The summed E-state index contributed by atoms with van der Waals surface area (Å²) in [5.41, 5.74) is 5.44. The van der Waals surface area contributed by atoms with Crippen molar-refractivity contribution in [2.24, 2.45) is 12.5 Å². The van der Waals surface area contributed by atoms with Crippen molar-refractivity contribution in [2.45, 2.75) is 59.5 Å². The number of rotatable bonds is 7. The molecule has 0 atom stereocenters. The van der Waals surface area contributed by atoms with Crippen LogP contribution in [-0.4, -0.2) is 42.8 Å². The number of carbonyl (C=O) groups is 2. The van der Waals surface area contributed by atoms with Crippen LogP contribution in [0.3, 0.4) is 0 Å². The molecule has 0 saturated heterocycles. The van der Waals surface area contributed by atoms with Crippen molar-refractivity contribution in [2.75, 3.05) is 6.54 Å². The highest BCUT2D eigenvalue weighted by Crippen LogP contribution is 2.33. The van der Waals surface area contributed by atoms with Crippen LogP contribution < -0.4 is 0 Å². The Morgan fingerprint density at radius 2 is 1.97 bits per heavy atom. The van der Waals surface area contributed by atoms with E-state index >= 15 is 0 Å². The molecule has 0 spiro atoms. The Bertz CT molecular complexity index is 1170. The standard InChI is InChI=1S/C25H32N4O3/c1-17-13-18(27(4)26-17)15-29-21-8-6-5-7-19(21)20-10-12-28(16-22(20)29)23(30)9-11-25(2,3)14-24(31)32/h5-8,13H,9-12,14-16H2,1-4H3,(H,31,32). The van der Waals surface area contributed by atoms with Crippen molar-refractivity contribution in [1.29, 1.82) is 0 Å². The molecule has 0 unspecified atom stereocenters. The van der Waals surface area contributed by atoms with Crippen molar-refractivity contribution < 1.29 is 14.7 Å². The normalized spacial score (nSPS) is 14.1. The van der Waals surface area contributed by atoms with Crippen LogP contribution in [0, 0.1) is 12.3 Å². The van der Waals surface area contributed by atoms with Gasteiger partial charge in [-0.2, -0.15) is 5.10 Å². The minimum Gasteiger partial charge on any atom is -0.481 e. The summed E-state index contributed by atoms with van der Waals surface area (Å²) in [6.45, 7) is 7.82. The van der Waals surface area contributed by atoms with Gasteiger partial charge in [-0.25, -0.2) is 0 Å². The highest BCUT2D eigenvalue weighted by atomic mass is 16.4. The van der Waals surface area contributed by atoms with E-state index in [-0.39, 0.29) is 12.3 Å². The molecule has 1 amide bonds. The van der Waals surface area contributed by atoms with Gasteiger partial charge in [-0.15, -0.1) is 0 Å². The number of carboxylic acid groups (broad SMARTS) is 1. The molecule has 0 radical (unpaired) electrons. The molecule has 1 aromatic carbocycles. The summed E-state index contributed by atoms with van der Waals surface area (Å²) < 4.78 is 4.25. The SMILES string of the molecule is Cc1cc(Cn2c3c(c4ccccc42)CCN(C(=O)CCC(C)(C)CC(=O)O)C3)n(C)n1. The van der Waals surface area contributed by atoms with Crippen LogP contribution in [0.25, 0.3) is 10.9 Å². The molecular weight excluding hydrogens is 404 g/mol. The Morgan fingerprint density at radius 1 is 1.22 bits per heavy atom. The van der Waals surface area contributed by atoms with Crippen LogP contribution in [0.4, 0.5) is 0 Å². The molecule has 4 rings (SSSR count). The number of aliphatic carboxylic acids is 1. The molecule has 3 aromatic rings. The van der Waals surface area contributed by atoms with Crippen molar-refractivity contribution in [1.82, 2.24) is 19.2 Å². The summed E-state index contributed by atoms with van der Waals surface area (Å²) in [7, 11) is 1.97. The van der Waals surface area contributed by atoms with E-state index in [2.05, 4.69) is 40.0 Å². The maximum absolute atomic E-state index is 13.0. The first-order valence-electron chi connectivity index (χ1n) is 11.2. The van der Waals surface area contributed by atoms with Gasteiger partial charge in [-0.05, 0) is 42.9 Å². The Hall–Kier alpha value is -3.09. The van der Waals surface area contributed by atoms with E-state index in [1.807, 2.05) is 37.4 Å². The third-order valence-corrected chi connectivity index (χ3v) is 6.58. The second-order valence-corrected chi connectivity index (χ2v) is 9.73. The first-order chi connectivity index (χ1) is 15.1. The molecule has 2 aromatic heterocycles. The molecule has 7 nitrogen and oxygen atoms in total. The topological polar surface area (TPSA) is 80.4 Å². The zero-order chi connectivity index (χ0) is 23.0. The van der Waals surface area contributed by atoms with E-state index in [1.54, 1.807) is 0 Å². The lowest BCUT2D eigenvalue weighted by molar-refractivity contribution is -0.140. The fraction of sp³-hybridized carbons (Fsp3) is 0.480. The maximum Gasteiger partial charge on any atom is 0.303 e. The molecule has 170 valence electrons. The van der Waals surface area contributed by atoms with Gasteiger partial charge in [0.2, 0.25) is 5.91 Å². The molecule has 0 fully saturated rings. The van der Waals surface area contributed by atoms with E-state index in [1.165, 1.54) is 22.2 Å². The van der Waals surface area contributed by atoms with Crippen molar-refractivity contribution in [3.8, 4) is 0 Å². The van der Waals surface area contributed by atoms with Crippen LogP contribution in [-0.2, 0) is 36.1 Å². The van der Waals surface area contributed by atoms with E-state index < -0.39 is 11.4 Å². The lowest BCUT2D eigenvalue weighted by Gasteiger charge is -2.30. The van der Waals surface area contributed by atoms with Gasteiger partial charge in [0, 0.05) is 36.6 Å². The molecule has 1 N–H and O–H groups in total. The lowest BCUT2D eigenvalue weighted by Crippen LogP contribution is -2.37. The van der Waals surface area contributed by atoms with E-state index in [9.17, 15) is 9.59 Å². The zero-order valence-corrected chi connectivity index (χ0v) is 19.4. The molecule has 32 heavy (non-hydrogen) atoms. The van der Waals surface area contributed by atoms with Crippen molar-refractivity contribution in [3.05, 3.63) is 53.0 Å². The van der Waals surface area contributed by atoms with Crippen LogP contribution in [0.5, 0.6) is 0 Å². The fourth-order valence-electron chi connectivity index (χ4n) is 4.86. The van der Waals surface area contributed by atoms with Gasteiger partial charge >= 0.3 is 5.97 Å². The maximum atomic E-state index is 13.0. The van der Waals surface area contributed by atoms with Gasteiger partial charge in [0.05, 0.1) is 30.9 Å². The predicted molar refractivity (Wildman–Crippen MR) is 123 cm³/mol. The predicted octanol–water partition coefficient (Wildman–Crippen LogP) is 3.90. The van der Waals surface area contributed by atoms with Gasteiger partial charge in [-0.1, -0.05) is 32.0 Å². The van der Waals surface area contributed by atoms with E-state index in [4.69, 9.17) is 5.11 Å². The number of aromatic nitrogens is 3. The number of benzene rings is 1. The number of nitrogens with zero attached hydrogens (tertiary/aromatic N) is 4. The molecule has 1 aliphatic heterocycles. The zero-order valence-electron chi connectivity index (χ0n) is 19.4. The fourth-order valence-corrected chi connectivity index (χ4v) is 4.86. The molecule has 0 aliphatic carbocycles. The summed E-state index contributed by atoms with van der Waals surface area (Å²) in [4.78, 5) is 26.1. The first kappa shape index (κ1) is 22.1. The first-order valence-corrected chi connectivity index (χ1v) is 11.2. The molecule has 1 aliphatic rings. The summed E-state index contributed by atoms with van der Waals surface area (Å²) in [6, 6.07) is 10.6. The summed E-state index contributed by atoms with van der Waals surface area (Å²) in [5, 5.41) is 14.9. The third kappa shape index (κ3) is 4.42. The van der Waals surface area contributed by atoms with Crippen molar-refractivity contribution >= 4 is 22.8 Å². The monoisotopic (exact) mass is 436 g/mol. The highest BCUT2D eigenvalue weighted by molar-refractivity contribution is 5.86. The van der Waals surface area contributed by atoms with Gasteiger partial charge in [0.1, 0.15) is 0 Å². The number of fused-ring (bicyclic) bond motifs is 3. The average molecular weight is 437 g/mol. The summed E-state index contributed by atoms with van der Waals surface area (Å²) in [6.07, 6.45) is 1.84. The molecular formula is C25H32N4O3. The average Bonchev–Trinajstić information content (AvgIpc) is 3.21. The number of aryl methyl sites for hydroxylation is 2. The third-order valence-electron chi connectivity index (χ3n) is 6.58. The van der Waals surface area contributed by atoms with Crippen LogP contribution in [0.15, 0.2) is 30.3 Å². The van der Waals surface area contributed by atoms with E-state index in [0.29, 0.717) is 32.5 Å². The van der Waals surface area contributed by atoms with Gasteiger partial charge < -0.3 is 14.6 Å². The molecule has 0 saturated carbocycles. The lowest BCUT2D eigenvalue weighted by atomic mass is 9.84. The number of hydrogen-bond donors (Lipinski definition) is 1. The number of hydrogen-bond acceptors (Lipinski definition) is 3. The van der Waals surface area contributed by atoms with Crippen LogP contribution >= 0.6 is 0 Å².